The molecular formula is C12H24O5Si. The van der Waals surface area contributed by atoms with Crippen LogP contribution in [0.4, 0.5) is 0 Å². The monoisotopic (exact) mass is 276 g/mol. The standard InChI is InChI=1S/C12H24O5Si/c1-12(2,3)10(11(15)16-4)8(7-9(13)14)17-18(5)6/h8,10,18H,7H2,1-6H3,(H,13,14)/t8-,10?/m1/s1. The number of methoxy groups -OCH3 is 1. The van der Waals surface area contributed by atoms with Gasteiger partial charge in [-0.3, -0.25) is 9.59 Å². The van der Waals surface area contributed by atoms with Crippen LogP contribution in [0.15, 0.2) is 0 Å². The first-order chi connectivity index (χ1) is 8.09. The number of ether oxygens (including phenoxy) is 1. The van der Waals surface area contributed by atoms with Gasteiger partial charge in [-0.2, -0.15) is 0 Å². The quantitative estimate of drug-likeness (QED) is 0.590. The van der Waals surface area contributed by atoms with Crippen molar-refractivity contribution >= 4 is 21.0 Å². The summed E-state index contributed by atoms with van der Waals surface area (Å²) in [5.41, 5.74) is -0.406. The molecule has 0 saturated carbocycles. The molecule has 5 nitrogen and oxygen atoms in total. The largest absolute Gasteiger partial charge is 0.481 e. The van der Waals surface area contributed by atoms with Gasteiger partial charge in [0, 0.05) is 0 Å². The molecule has 0 aliphatic rings. The predicted octanol–water partition coefficient (Wildman–Crippen LogP) is 1.66. The Labute approximate surface area is 110 Å². The molecule has 0 aromatic carbocycles. The van der Waals surface area contributed by atoms with Crippen molar-refractivity contribution in [2.75, 3.05) is 7.11 Å². The third kappa shape index (κ3) is 5.64. The molecule has 0 radical (unpaired) electrons. The summed E-state index contributed by atoms with van der Waals surface area (Å²) in [6.07, 6.45) is -0.802. The number of carbonyl (C=O) groups is 2. The van der Waals surface area contributed by atoms with Gasteiger partial charge >= 0.3 is 11.9 Å². The Balaban J connectivity index is 5.19. The van der Waals surface area contributed by atoms with E-state index in [0.717, 1.165) is 0 Å². The molecule has 0 saturated heterocycles. The Morgan fingerprint density at radius 1 is 1.28 bits per heavy atom. The van der Waals surface area contributed by atoms with Gasteiger partial charge in [-0.05, 0) is 18.5 Å². The summed E-state index contributed by atoms with van der Waals surface area (Å²) < 4.78 is 10.5. The van der Waals surface area contributed by atoms with Crippen molar-refractivity contribution in [1.29, 1.82) is 0 Å². The summed E-state index contributed by atoms with van der Waals surface area (Å²) >= 11 is 0. The highest BCUT2D eigenvalue weighted by atomic mass is 28.3. The van der Waals surface area contributed by atoms with Gasteiger partial charge in [0.25, 0.3) is 0 Å². The van der Waals surface area contributed by atoms with E-state index in [9.17, 15) is 9.59 Å². The van der Waals surface area contributed by atoms with Crippen LogP contribution < -0.4 is 0 Å². The summed E-state index contributed by atoms with van der Waals surface area (Å²) in [5, 5.41) is 8.95. The molecule has 0 aliphatic heterocycles. The van der Waals surface area contributed by atoms with E-state index in [1.165, 1.54) is 7.11 Å². The third-order valence-corrected chi connectivity index (χ3v) is 3.48. The fourth-order valence-corrected chi connectivity index (χ4v) is 2.91. The van der Waals surface area contributed by atoms with Crippen molar-refractivity contribution in [2.24, 2.45) is 11.3 Å². The zero-order chi connectivity index (χ0) is 14.5. The van der Waals surface area contributed by atoms with Gasteiger partial charge in [0.05, 0.1) is 25.6 Å². The van der Waals surface area contributed by atoms with Crippen LogP contribution in [-0.2, 0) is 18.8 Å². The molecule has 0 fully saturated rings. The fourth-order valence-electron chi connectivity index (χ4n) is 1.96. The first-order valence-corrected chi connectivity index (χ1v) is 8.82. The number of carboxylic acids is 1. The number of esters is 1. The predicted molar refractivity (Wildman–Crippen MR) is 71.0 cm³/mol. The van der Waals surface area contributed by atoms with Crippen molar-refractivity contribution < 1.29 is 23.9 Å². The SMILES string of the molecule is COC(=O)C([C@@H](CC(=O)O)O[SiH](C)C)C(C)(C)C. The average molecular weight is 276 g/mol. The zero-order valence-corrected chi connectivity index (χ0v) is 13.2. The van der Waals surface area contributed by atoms with E-state index in [-0.39, 0.29) is 6.42 Å². The van der Waals surface area contributed by atoms with E-state index in [2.05, 4.69) is 0 Å². The van der Waals surface area contributed by atoms with E-state index >= 15 is 0 Å². The van der Waals surface area contributed by atoms with E-state index in [1.807, 2.05) is 33.9 Å². The molecule has 0 aromatic rings. The van der Waals surface area contributed by atoms with Crippen molar-refractivity contribution in [1.82, 2.24) is 0 Å². The second-order valence-electron chi connectivity index (χ2n) is 5.69. The molecule has 1 N–H and O–H groups in total. The lowest BCUT2D eigenvalue weighted by Crippen LogP contribution is -2.43. The fraction of sp³-hybridized carbons (Fsp3) is 0.833. The Kier molecular flexibility index (Phi) is 6.55. The van der Waals surface area contributed by atoms with Gasteiger partial charge in [-0.1, -0.05) is 20.8 Å². The maximum Gasteiger partial charge on any atom is 0.311 e. The van der Waals surface area contributed by atoms with Crippen LogP contribution in [0.5, 0.6) is 0 Å². The lowest BCUT2D eigenvalue weighted by Gasteiger charge is -2.35. The van der Waals surface area contributed by atoms with Crippen LogP contribution in [0.25, 0.3) is 0 Å². The number of carboxylic acid groups (broad SMARTS) is 1. The van der Waals surface area contributed by atoms with Gasteiger partial charge in [0.15, 0.2) is 9.04 Å². The lowest BCUT2D eigenvalue weighted by molar-refractivity contribution is -0.156. The molecule has 1 unspecified atom stereocenters. The van der Waals surface area contributed by atoms with Crippen molar-refractivity contribution in [3.63, 3.8) is 0 Å². The van der Waals surface area contributed by atoms with Crippen LogP contribution >= 0.6 is 0 Å². The Morgan fingerprint density at radius 3 is 2.06 bits per heavy atom. The van der Waals surface area contributed by atoms with Crippen molar-refractivity contribution in [3.8, 4) is 0 Å². The van der Waals surface area contributed by atoms with Gasteiger partial charge in [0.1, 0.15) is 0 Å². The first kappa shape index (κ1) is 17.1. The van der Waals surface area contributed by atoms with E-state index < -0.39 is 38.4 Å². The highest BCUT2D eigenvalue weighted by Gasteiger charge is 2.40. The second kappa shape index (κ2) is 6.89. The molecule has 6 heteroatoms. The molecule has 0 aliphatic carbocycles. The highest BCUT2D eigenvalue weighted by Crippen LogP contribution is 2.33. The zero-order valence-electron chi connectivity index (χ0n) is 12.0. The molecule has 0 amide bonds. The molecule has 0 aromatic heterocycles. The van der Waals surface area contributed by atoms with Crippen LogP contribution in [0, 0.1) is 11.3 Å². The highest BCUT2D eigenvalue weighted by molar-refractivity contribution is 6.48. The summed E-state index contributed by atoms with van der Waals surface area (Å²) in [7, 11) is -0.127. The minimum Gasteiger partial charge on any atom is -0.481 e. The molecular weight excluding hydrogens is 252 g/mol. The summed E-state index contributed by atoms with van der Waals surface area (Å²) in [4.78, 5) is 22.8. The normalized spacial score (nSPS) is 15.3. The number of hydrogen-bond donors (Lipinski definition) is 1. The minimum absolute atomic E-state index is 0.178. The van der Waals surface area contributed by atoms with E-state index in [4.69, 9.17) is 14.3 Å². The van der Waals surface area contributed by atoms with Crippen LogP contribution in [0.3, 0.4) is 0 Å². The molecule has 0 spiro atoms. The molecule has 0 bridgehead atoms. The van der Waals surface area contributed by atoms with Crippen LogP contribution in [0.1, 0.15) is 27.2 Å². The number of hydrogen-bond acceptors (Lipinski definition) is 4. The van der Waals surface area contributed by atoms with Crippen molar-refractivity contribution in [2.45, 2.75) is 46.4 Å². The Bertz CT molecular complexity index is 295. The lowest BCUT2D eigenvalue weighted by atomic mass is 9.76. The van der Waals surface area contributed by atoms with E-state index in [0.29, 0.717) is 0 Å². The Morgan fingerprint density at radius 2 is 1.78 bits per heavy atom. The molecule has 18 heavy (non-hydrogen) atoms. The van der Waals surface area contributed by atoms with Gasteiger partial charge in [-0.25, -0.2) is 0 Å². The summed E-state index contributed by atoms with van der Waals surface area (Å²) in [5.74, 6) is -1.95. The first-order valence-electron chi connectivity index (χ1n) is 6.04. The maximum atomic E-state index is 11.9. The number of aliphatic carboxylic acids is 1. The third-order valence-electron chi connectivity index (χ3n) is 2.58. The van der Waals surface area contributed by atoms with Crippen LogP contribution in [-0.4, -0.2) is 39.3 Å². The maximum absolute atomic E-state index is 11.9. The molecule has 106 valence electrons. The molecule has 0 rings (SSSR count). The smallest absolute Gasteiger partial charge is 0.311 e. The van der Waals surface area contributed by atoms with Gasteiger partial charge in [-0.15, -0.1) is 0 Å². The topological polar surface area (TPSA) is 72.8 Å². The second-order valence-corrected chi connectivity index (χ2v) is 8.06. The van der Waals surface area contributed by atoms with Crippen molar-refractivity contribution in [3.05, 3.63) is 0 Å². The summed E-state index contributed by atoms with van der Waals surface area (Å²) in [6, 6.07) is 0. The summed E-state index contributed by atoms with van der Waals surface area (Å²) in [6.45, 7) is 9.55. The van der Waals surface area contributed by atoms with Gasteiger partial charge in [0.2, 0.25) is 0 Å². The van der Waals surface area contributed by atoms with Gasteiger partial charge < -0.3 is 14.3 Å². The van der Waals surface area contributed by atoms with Crippen LogP contribution in [0.2, 0.25) is 13.1 Å². The Hall–Kier alpha value is -0.883. The number of carbonyl (C=O) groups excluding carboxylic acids is 1. The number of rotatable bonds is 6. The molecule has 0 heterocycles. The molecule has 2 atom stereocenters. The minimum atomic E-state index is -1.44. The average Bonchev–Trinajstić information content (AvgIpc) is 2.12. The van der Waals surface area contributed by atoms with E-state index in [1.54, 1.807) is 0 Å².